The first-order chi connectivity index (χ1) is 11.6. The van der Waals surface area contributed by atoms with Gasteiger partial charge in [0, 0.05) is 32.1 Å². The number of rotatable bonds is 3. The van der Waals surface area contributed by atoms with Crippen LogP contribution in [0.25, 0.3) is 0 Å². The molecule has 5 nitrogen and oxygen atoms in total. The summed E-state index contributed by atoms with van der Waals surface area (Å²) in [4.78, 5) is 31.5. The summed E-state index contributed by atoms with van der Waals surface area (Å²) in [7, 11) is 0. The Morgan fingerprint density at radius 1 is 1.17 bits per heavy atom. The van der Waals surface area contributed by atoms with Crippen LogP contribution in [-0.2, 0) is 9.59 Å². The molecule has 0 saturated carbocycles. The van der Waals surface area contributed by atoms with Gasteiger partial charge in [-0.05, 0) is 38.0 Å². The molecule has 2 amide bonds. The fraction of sp³-hybridized carbons (Fsp3) is 0.789. The zero-order valence-corrected chi connectivity index (χ0v) is 14.7. The number of carbonyl (C=O) groups is 2. The van der Waals surface area contributed by atoms with E-state index in [9.17, 15) is 9.59 Å². The predicted octanol–water partition coefficient (Wildman–Crippen LogP) is 1.70. The second-order valence-corrected chi connectivity index (χ2v) is 8.17. The lowest BCUT2D eigenvalue weighted by molar-refractivity contribution is -0.140. The van der Waals surface area contributed by atoms with Crippen molar-refractivity contribution in [3.05, 3.63) is 12.2 Å². The van der Waals surface area contributed by atoms with Crippen molar-refractivity contribution in [1.29, 1.82) is 0 Å². The largest absolute Gasteiger partial charge is 0.342 e. The van der Waals surface area contributed by atoms with Crippen LogP contribution in [0.4, 0.5) is 0 Å². The number of amides is 2. The van der Waals surface area contributed by atoms with Crippen LogP contribution in [0.15, 0.2) is 12.2 Å². The van der Waals surface area contributed by atoms with Crippen LogP contribution in [-0.4, -0.2) is 65.4 Å². The van der Waals surface area contributed by atoms with Gasteiger partial charge in [0.2, 0.25) is 11.8 Å². The van der Waals surface area contributed by atoms with Gasteiger partial charge >= 0.3 is 0 Å². The molecule has 3 saturated heterocycles. The molecule has 132 valence electrons. The highest BCUT2D eigenvalue weighted by Crippen LogP contribution is 2.33. The summed E-state index contributed by atoms with van der Waals surface area (Å²) in [6.45, 7) is 6.75. The summed E-state index contributed by atoms with van der Waals surface area (Å²) in [5.74, 6) is 1.64. The first-order valence-corrected chi connectivity index (χ1v) is 9.62. The minimum Gasteiger partial charge on any atom is -0.342 e. The zero-order chi connectivity index (χ0) is 16.7. The molecule has 0 unspecified atom stereocenters. The van der Waals surface area contributed by atoms with Crippen LogP contribution < -0.4 is 0 Å². The zero-order valence-electron chi connectivity index (χ0n) is 14.7. The van der Waals surface area contributed by atoms with Gasteiger partial charge in [-0.2, -0.15) is 0 Å². The van der Waals surface area contributed by atoms with Crippen molar-refractivity contribution in [1.82, 2.24) is 14.7 Å². The van der Waals surface area contributed by atoms with Crippen molar-refractivity contribution in [3.63, 3.8) is 0 Å². The summed E-state index contributed by atoms with van der Waals surface area (Å²) < 4.78 is 0. The molecule has 0 radical (unpaired) electrons. The molecule has 5 heteroatoms. The molecule has 0 spiro atoms. The summed E-state index contributed by atoms with van der Waals surface area (Å²) in [5.41, 5.74) is 0. The van der Waals surface area contributed by atoms with Crippen molar-refractivity contribution < 1.29 is 9.59 Å². The quantitative estimate of drug-likeness (QED) is 0.740. The molecule has 0 aromatic rings. The predicted molar refractivity (Wildman–Crippen MR) is 92.0 cm³/mol. The van der Waals surface area contributed by atoms with E-state index in [0.29, 0.717) is 23.8 Å². The molecule has 4 aliphatic rings. The average molecular weight is 331 g/mol. The van der Waals surface area contributed by atoms with Crippen LogP contribution in [0, 0.1) is 17.8 Å². The summed E-state index contributed by atoms with van der Waals surface area (Å²) in [6, 6.07) is 0.316. The molecule has 1 aliphatic carbocycles. The van der Waals surface area contributed by atoms with Gasteiger partial charge in [0.05, 0.1) is 18.6 Å². The number of hydrogen-bond acceptors (Lipinski definition) is 3. The Hall–Kier alpha value is -1.36. The molecule has 0 aromatic carbocycles. The summed E-state index contributed by atoms with van der Waals surface area (Å²) in [5, 5.41) is 0. The first-order valence-electron chi connectivity index (χ1n) is 9.62. The monoisotopic (exact) mass is 331 g/mol. The lowest BCUT2D eigenvalue weighted by atomic mass is 9.93. The van der Waals surface area contributed by atoms with Gasteiger partial charge in [0.25, 0.3) is 0 Å². The topological polar surface area (TPSA) is 43.9 Å². The number of likely N-dealkylation sites (tertiary alicyclic amines) is 3. The molecule has 2 bridgehead atoms. The lowest BCUT2D eigenvalue weighted by Crippen LogP contribution is -2.49. The van der Waals surface area contributed by atoms with E-state index in [1.54, 1.807) is 0 Å². The third kappa shape index (κ3) is 2.99. The van der Waals surface area contributed by atoms with Crippen molar-refractivity contribution >= 4 is 11.8 Å². The summed E-state index contributed by atoms with van der Waals surface area (Å²) >= 11 is 0. The van der Waals surface area contributed by atoms with Crippen molar-refractivity contribution in [2.24, 2.45) is 17.8 Å². The van der Waals surface area contributed by atoms with E-state index in [0.717, 1.165) is 58.5 Å². The molecule has 0 aromatic heterocycles. The second-order valence-electron chi connectivity index (χ2n) is 8.17. The van der Waals surface area contributed by atoms with E-state index in [-0.39, 0.29) is 11.8 Å². The van der Waals surface area contributed by atoms with Gasteiger partial charge < -0.3 is 9.80 Å². The molecule has 3 aliphatic heterocycles. The molecule has 4 rings (SSSR count). The molecule has 3 fully saturated rings. The van der Waals surface area contributed by atoms with Crippen LogP contribution in [0.2, 0.25) is 0 Å². The Balaban J connectivity index is 1.27. The maximum atomic E-state index is 12.7. The second kappa shape index (κ2) is 6.51. The van der Waals surface area contributed by atoms with E-state index in [2.05, 4.69) is 28.9 Å². The maximum Gasteiger partial charge on any atom is 0.231 e. The molecule has 24 heavy (non-hydrogen) atoms. The third-order valence-corrected chi connectivity index (χ3v) is 6.32. The van der Waals surface area contributed by atoms with Crippen molar-refractivity contribution in [3.8, 4) is 0 Å². The highest BCUT2D eigenvalue weighted by Gasteiger charge is 2.41. The van der Waals surface area contributed by atoms with Gasteiger partial charge in [-0.3, -0.25) is 14.5 Å². The van der Waals surface area contributed by atoms with Crippen LogP contribution in [0.1, 0.15) is 39.0 Å². The fourth-order valence-electron chi connectivity index (χ4n) is 4.83. The summed E-state index contributed by atoms with van der Waals surface area (Å²) in [6.07, 6.45) is 9.50. The molecule has 3 atom stereocenters. The normalized spacial score (nSPS) is 34.4. The van der Waals surface area contributed by atoms with Gasteiger partial charge in [-0.1, -0.05) is 19.1 Å². The highest BCUT2D eigenvalue weighted by atomic mass is 16.2. The standard InChI is InChI=1S/C19H29N3O2/c1-14-3-2-8-21(12-14)18(23)15-6-9-20(10-7-15)13-22-17-5-4-16(11-17)19(22)24/h4-5,14-17H,2-3,6-13H2,1H3/t14-,16-,17-/m0/s1. The SMILES string of the molecule is C[C@H]1CCCN(C(=O)C2CCN(CN3C(=O)[C@H]4C=C[C@H]3C4)CC2)C1. The number of carbonyl (C=O) groups excluding carboxylic acids is 2. The Labute approximate surface area is 144 Å². The molecule has 3 heterocycles. The third-order valence-electron chi connectivity index (χ3n) is 6.32. The minimum absolute atomic E-state index is 0.134. The van der Waals surface area contributed by atoms with E-state index in [4.69, 9.17) is 0 Å². The molecular weight excluding hydrogens is 302 g/mol. The first kappa shape index (κ1) is 16.1. The number of fused-ring (bicyclic) bond motifs is 2. The number of nitrogens with zero attached hydrogens (tertiary/aromatic N) is 3. The Kier molecular flexibility index (Phi) is 4.37. The highest BCUT2D eigenvalue weighted by molar-refractivity contribution is 5.85. The van der Waals surface area contributed by atoms with E-state index < -0.39 is 0 Å². The maximum absolute atomic E-state index is 12.7. The van der Waals surface area contributed by atoms with Crippen LogP contribution >= 0.6 is 0 Å². The fourth-order valence-corrected chi connectivity index (χ4v) is 4.83. The van der Waals surface area contributed by atoms with Gasteiger partial charge in [0.15, 0.2) is 0 Å². The Bertz CT molecular complexity index is 539. The van der Waals surface area contributed by atoms with Crippen molar-refractivity contribution in [2.45, 2.75) is 45.1 Å². The molecular formula is C19H29N3O2. The van der Waals surface area contributed by atoms with Crippen molar-refractivity contribution in [2.75, 3.05) is 32.8 Å². The van der Waals surface area contributed by atoms with E-state index in [1.807, 2.05) is 4.90 Å². The Morgan fingerprint density at radius 3 is 2.62 bits per heavy atom. The molecule has 0 N–H and O–H groups in total. The Morgan fingerprint density at radius 2 is 1.96 bits per heavy atom. The van der Waals surface area contributed by atoms with Crippen LogP contribution in [0.5, 0.6) is 0 Å². The number of piperidine rings is 2. The number of hydrogen-bond donors (Lipinski definition) is 0. The minimum atomic E-state index is 0.134. The average Bonchev–Trinajstić information content (AvgIpc) is 3.18. The van der Waals surface area contributed by atoms with Gasteiger partial charge in [-0.25, -0.2) is 0 Å². The van der Waals surface area contributed by atoms with E-state index >= 15 is 0 Å². The van der Waals surface area contributed by atoms with E-state index in [1.165, 1.54) is 6.42 Å². The van der Waals surface area contributed by atoms with Crippen LogP contribution in [0.3, 0.4) is 0 Å². The smallest absolute Gasteiger partial charge is 0.231 e. The van der Waals surface area contributed by atoms with Gasteiger partial charge in [0.1, 0.15) is 0 Å². The lowest BCUT2D eigenvalue weighted by Gasteiger charge is -2.38. The van der Waals surface area contributed by atoms with Gasteiger partial charge in [-0.15, -0.1) is 0 Å².